The van der Waals surface area contributed by atoms with Crippen LogP contribution in [0.25, 0.3) is 10.9 Å². The van der Waals surface area contributed by atoms with E-state index in [0.717, 1.165) is 9.86 Å². The van der Waals surface area contributed by atoms with Gasteiger partial charge in [0.15, 0.2) is 10.9 Å². The molecule has 0 saturated heterocycles. The number of nitro groups is 1. The van der Waals surface area contributed by atoms with E-state index in [4.69, 9.17) is 21.1 Å². The first-order valence-electron chi connectivity index (χ1n) is 6.73. The van der Waals surface area contributed by atoms with Crippen LogP contribution >= 0.6 is 27.5 Å². The first-order chi connectivity index (χ1) is 11.5. The Morgan fingerprint density at radius 3 is 2.62 bits per heavy atom. The number of pyridine rings is 1. The van der Waals surface area contributed by atoms with Crippen LogP contribution in [0.1, 0.15) is 0 Å². The van der Waals surface area contributed by atoms with Crippen molar-refractivity contribution in [2.24, 2.45) is 0 Å². The Bertz CT molecular complexity index is 949. The zero-order chi connectivity index (χ0) is 17.3. The third-order valence-electron chi connectivity index (χ3n) is 3.24. The van der Waals surface area contributed by atoms with Crippen molar-refractivity contribution in [1.29, 1.82) is 0 Å². The molecule has 122 valence electrons. The maximum absolute atomic E-state index is 11.0. The van der Waals surface area contributed by atoms with Crippen LogP contribution in [0.5, 0.6) is 17.2 Å². The van der Waals surface area contributed by atoms with Crippen LogP contribution in [-0.4, -0.2) is 17.0 Å². The lowest BCUT2D eigenvalue weighted by molar-refractivity contribution is -0.385. The second kappa shape index (κ2) is 6.62. The van der Waals surface area contributed by atoms with Crippen molar-refractivity contribution in [3.8, 4) is 17.2 Å². The summed E-state index contributed by atoms with van der Waals surface area (Å²) >= 11 is 9.55. The zero-order valence-corrected chi connectivity index (χ0v) is 14.7. The van der Waals surface area contributed by atoms with Gasteiger partial charge in [-0.1, -0.05) is 27.5 Å². The minimum atomic E-state index is -0.521. The van der Waals surface area contributed by atoms with Crippen molar-refractivity contribution in [2.45, 2.75) is 0 Å². The van der Waals surface area contributed by atoms with Crippen molar-refractivity contribution >= 4 is 44.1 Å². The number of methoxy groups -OCH3 is 1. The average molecular weight is 410 g/mol. The zero-order valence-electron chi connectivity index (χ0n) is 12.3. The molecule has 0 aliphatic heterocycles. The van der Waals surface area contributed by atoms with Crippen molar-refractivity contribution in [3.63, 3.8) is 0 Å². The number of nitrogens with zero attached hydrogens (tertiary/aromatic N) is 2. The van der Waals surface area contributed by atoms with Gasteiger partial charge in [-0.25, -0.2) is 4.98 Å². The molecule has 1 heterocycles. The lowest BCUT2D eigenvalue weighted by Gasteiger charge is -2.10. The summed E-state index contributed by atoms with van der Waals surface area (Å²) in [6, 6.07) is 11.4. The van der Waals surface area contributed by atoms with Gasteiger partial charge in [-0.05, 0) is 24.3 Å². The molecule has 1 aromatic heterocycles. The van der Waals surface area contributed by atoms with Gasteiger partial charge in [-0.3, -0.25) is 10.1 Å². The smallest absolute Gasteiger partial charge is 0.276 e. The molecule has 0 bridgehead atoms. The van der Waals surface area contributed by atoms with Gasteiger partial charge < -0.3 is 9.47 Å². The molecule has 2 aromatic carbocycles. The van der Waals surface area contributed by atoms with Gasteiger partial charge in [0, 0.05) is 15.9 Å². The summed E-state index contributed by atoms with van der Waals surface area (Å²) < 4.78 is 11.6. The van der Waals surface area contributed by atoms with Crippen LogP contribution in [0, 0.1) is 10.1 Å². The minimum Gasteiger partial charge on any atom is -0.496 e. The number of ether oxygens (including phenoxy) is 2. The van der Waals surface area contributed by atoms with E-state index in [1.54, 1.807) is 6.07 Å². The Morgan fingerprint density at radius 2 is 1.92 bits per heavy atom. The van der Waals surface area contributed by atoms with Gasteiger partial charge in [0.1, 0.15) is 11.5 Å². The average Bonchev–Trinajstić information content (AvgIpc) is 2.55. The highest BCUT2D eigenvalue weighted by Crippen LogP contribution is 2.35. The SMILES string of the molecule is COc1cc(Oc2cc3cc(Br)ccc3nc2Cl)cc([N+](=O)[O-])c1. The van der Waals surface area contributed by atoms with E-state index in [1.165, 1.54) is 25.3 Å². The number of nitro benzene ring substituents is 1. The number of hydrogen-bond acceptors (Lipinski definition) is 5. The van der Waals surface area contributed by atoms with Crippen molar-refractivity contribution in [1.82, 2.24) is 4.98 Å². The molecule has 24 heavy (non-hydrogen) atoms. The molecule has 6 nitrogen and oxygen atoms in total. The summed E-state index contributed by atoms with van der Waals surface area (Å²) in [5, 5.41) is 12.0. The minimum absolute atomic E-state index is 0.142. The Labute approximate surface area is 150 Å². The van der Waals surface area contributed by atoms with E-state index < -0.39 is 4.92 Å². The third-order valence-corrected chi connectivity index (χ3v) is 4.00. The molecule has 0 spiro atoms. The molecular formula is C16H10BrClN2O4. The van der Waals surface area contributed by atoms with E-state index in [-0.39, 0.29) is 16.6 Å². The maximum atomic E-state index is 11.0. The fourth-order valence-electron chi connectivity index (χ4n) is 2.14. The fraction of sp³-hybridized carbons (Fsp3) is 0.0625. The largest absolute Gasteiger partial charge is 0.496 e. The lowest BCUT2D eigenvalue weighted by atomic mass is 10.2. The number of aromatic nitrogens is 1. The van der Waals surface area contributed by atoms with Crippen LogP contribution in [0.4, 0.5) is 5.69 Å². The van der Waals surface area contributed by atoms with Gasteiger partial charge >= 0.3 is 0 Å². The molecule has 0 saturated carbocycles. The monoisotopic (exact) mass is 408 g/mol. The predicted octanol–water partition coefficient (Wildman–Crippen LogP) is 5.36. The Balaban J connectivity index is 2.04. The van der Waals surface area contributed by atoms with Crippen molar-refractivity contribution in [2.75, 3.05) is 7.11 Å². The van der Waals surface area contributed by atoms with E-state index in [2.05, 4.69) is 20.9 Å². The Morgan fingerprint density at radius 1 is 1.17 bits per heavy atom. The number of rotatable bonds is 4. The summed E-state index contributed by atoms with van der Waals surface area (Å²) in [5.41, 5.74) is 0.573. The van der Waals surface area contributed by atoms with Gasteiger partial charge in [0.25, 0.3) is 5.69 Å². The van der Waals surface area contributed by atoms with E-state index >= 15 is 0 Å². The normalized spacial score (nSPS) is 10.6. The molecule has 0 radical (unpaired) electrons. The summed E-state index contributed by atoms with van der Waals surface area (Å²) in [7, 11) is 1.42. The number of halogens is 2. The van der Waals surface area contributed by atoms with Crippen LogP contribution in [0.3, 0.4) is 0 Å². The molecule has 3 aromatic rings. The van der Waals surface area contributed by atoms with Crippen LogP contribution < -0.4 is 9.47 Å². The molecular weight excluding hydrogens is 400 g/mol. The maximum Gasteiger partial charge on any atom is 0.276 e. The van der Waals surface area contributed by atoms with Gasteiger partial charge in [0.2, 0.25) is 0 Å². The summed E-state index contributed by atoms with van der Waals surface area (Å²) in [5.74, 6) is 0.843. The van der Waals surface area contributed by atoms with Crippen LogP contribution in [0.2, 0.25) is 5.15 Å². The molecule has 0 aliphatic rings. The standard InChI is InChI=1S/C16H10BrClN2O4/c1-23-12-6-11(20(21)22)7-13(8-12)24-15-5-9-4-10(17)2-3-14(9)19-16(15)18/h2-8H,1H3. The number of non-ortho nitro benzene ring substituents is 1. The van der Waals surface area contributed by atoms with Gasteiger partial charge in [0.05, 0.1) is 29.7 Å². The highest BCUT2D eigenvalue weighted by atomic mass is 79.9. The molecule has 0 N–H and O–H groups in total. The second-order valence-corrected chi connectivity index (χ2v) is 6.11. The van der Waals surface area contributed by atoms with Crippen LogP contribution in [-0.2, 0) is 0 Å². The lowest BCUT2D eigenvalue weighted by Crippen LogP contribution is -1.94. The molecule has 0 aliphatic carbocycles. The first-order valence-corrected chi connectivity index (χ1v) is 7.90. The van der Waals surface area contributed by atoms with E-state index in [1.807, 2.05) is 18.2 Å². The first kappa shape index (κ1) is 16.5. The number of hydrogen-bond donors (Lipinski definition) is 0. The summed E-state index contributed by atoms with van der Waals surface area (Å²) in [4.78, 5) is 14.8. The predicted molar refractivity (Wildman–Crippen MR) is 94.2 cm³/mol. The van der Waals surface area contributed by atoms with E-state index in [9.17, 15) is 10.1 Å². The third kappa shape index (κ3) is 3.42. The topological polar surface area (TPSA) is 74.5 Å². The highest BCUT2D eigenvalue weighted by Gasteiger charge is 2.14. The van der Waals surface area contributed by atoms with Gasteiger partial charge in [-0.2, -0.15) is 0 Å². The quantitative estimate of drug-likeness (QED) is 0.329. The molecule has 0 unspecified atom stereocenters. The molecule has 0 amide bonds. The van der Waals surface area contributed by atoms with Crippen LogP contribution in [0.15, 0.2) is 46.9 Å². The second-order valence-electron chi connectivity index (χ2n) is 4.84. The molecule has 0 atom stereocenters. The van der Waals surface area contributed by atoms with Crippen molar-refractivity contribution in [3.05, 3.63) is 62.2 Å². The van der Waals surface area contributed by atoms with E-state index in [0.29, 0.717) is 17.0 Å². The Kier molecular flexibility index (Phi) is 4.55. The number of fused-ring (bicyclic) bond motifs is 1. The number of benzene rings is 2. The summed E-state index contributed by atoms with van der Waals surface area (Å²) in [6.07, 6.45) is 0. The Hall–Kier alpha value is -2.38. The molecule has 3 rings (SSSR count). The summed E-state index contributed by atoms with van der Waals surface area (Å²) in [6.45, 7) is 0. The van der Waals surface area contributed by atoms with Crippen molar-refractivity contribution < 1.29 is 14.4 Å². The fourth-order valence-corrected chi connectivity index (χ4v) is 2.70. The van der Waals surface area contributed by atoms with Gasteiger partial charge in [-0.15, -0.1) is 0 Å². The molecule has 8 heteroatoms. The molecule has 0 fully saturated rings. The highest BCUT2D eigenvalue weighted by molar-refractivity contribution is 9.10.